The Hall–Kier alpha value is -7.83. The van der Waals surface area contributed by atoms with Gasteiger partial charge in [-0.25, -0.2) is 9.38 Å². The molecule has 4 aromatic heterocycles. The number of hydrogen-bond donors (Lipinski definition) is 0. The van der Waals surface area contributed by atoms with E-state index in [0.717, 1.165) is 100 Å². The van der Waals surface area contributed by atoms with E-state index in [2.05, 4.69) is 172 Å². The van der Waals surface area contributed by atoms with Gasteiger partial charge in [0.2, 0.25) is 11.5 Å². The largest absolute Gasteiger partial charge is 0.455 e. The predicted molar refractivity (Wildman–Crippen MR) is 232 cm³/mol. The summed E-state index contributed by atoms with van der Waals surface area (Å²) in [5.74, 6) is 0.802. The number of benzene rings is 8. The average Bonchev–Trinajstić information content (AvgIpc) is 4.02. The third kappa shape index (κ3) is 4.87. The van der Waals surface area contributed by atoms with Crippen LogP contribution in [0.2, 0.25) is 0 Å². The van der Waals surface area contributed by atoms with Crippen molar-refractivity contribution in [3.05, 3.63) is 194 Å². The number of rotatable bonds is 6. The molecule has 57 heavy (non-hydrogen) atoms. The molecule has 12 rings (SSSR count). The topological polar surface area (TPSA) is 51.8 Å². The summed E-state index contributed by atoms with van der Waals surface area (Å²) in [6.07, 6.45) is 0. The minimum atomic E-state index is 0.738. The molecule has 4 heterocycles. The Labute approximate surface area is 326 Å². The molecular formula is C51H32N4O2. The molecule has 0 N–H and O–H groups in total. The molecule has 0 amide bonds. The van der Waals surface area contributed by atoms with Gasteiger partial charge in [-0.2, -0.15) is 0 Å². The van der Waals surface area contributed by atoms with E-state index < -0.39 is 0 Å². The number of imidazole rings is 2. The molecule has 0 saturated carbocycles. The first-order chi connectivity index (χ1) is 28.3. The second-order valence-corrected chi connectivity index (χ2v) is 14.4. The van der Waals surface area contributed by atoms with Crippen LogP contribution in [0.3, 0.4) is 0 Å². The molecule has 0 aliphatic rings. The summed E-state index contributed by atoms with van der Waals surface area (Å²) in [6.45, 7) is 0. The molecule has 6 heteroatoms. The fourth-order valence-electron chi connectivity index (χ4n) is 8.49. The van der Waals surface area contributed by atoms with Crippen molar-refractivity contribution in [2.75, 3.05) is 4.90 Å². The normalized spacial score (nSPS) is 11.9. The molecule has 0 saturated heterocycles. The molecule has 268 valence electrons. The van der Waals surface area contributed by atoms with Crippen LogP contribution >= 0.6 is 0 Å². The molecular weight excluding hydrogens is 701 g/mol. The van der Waals surface area contributed by atoms with E-state index in [9.17, 15) is 0 Å². The van der Waals surface area contributed by atoms with Crippen LogP contribution in [0.4, 0.5) is 17.1 Å². The summed E-state index contributed by atoms with van der Waals surface area (Å²) in [4.78, 5) is 7.55. The van der Waals surface area contributed by atoms with Crippen LogP contribution in [0.5, 0.6) is 0 Å². The maximum absolute atomic E-state index is 6.49. The standard InChI is InChI=1S/C51H32N4O2/c1-3-12-33(13-4-1)34-22-26-37(27-23-34)53(38-28-24-35(25-29-38)40-18-11-19-42-41-16-7-9-20-46(41)56-49(40)42)39-30-31-44-45(32-39)54(36-14-5-2-6-15-36)51-52-48-43-17-8-10-21-47(43)57-50(48)55(44)51/h1-32H. The van der Waals surface area contributed by atoms with Gasteiger partial charge in [0.05, 0.1) is 11.0 Å². The minimum Gasteiger partial charge on any atom is -0.455 e. The Kier molecular flexibility index (Phi) is 6.83. The van der Waals surface area contributed by atoms with E-state index in [0.29, 0.717) is 0 Å². The van der Waals surface area contributed by atoms with E-state index in [1.54, 1.807) is 0 Å². The Balaban J connectivity index is 1.05. The first-order valence-corrected chi connectivity index (χ1v) is 19.1. The quantitative estimate of drug-likeness (QED) is 0.171. The third-order valence-corrected chi connectivity index (χ3v) is 11.2. The molecule has 0 radical (unpaired) electrons. The van der Waals surface area contributed by atoms with Gasteiger partial charge in [0.1, 0.15) is 22.3 Å². The van der Waals surface area contributed by atoms with Crippen molar-refractivity contribution in [2.45, 2.75) is 0 Å². The highest BCUT2D eigenvalue weighted by molar-refractivity contribution is 6.10. The molecule has 0 bridgehead atoms. The Morgan fingerprint density at radius 3 is 1.79 bits per heavy atom. The van der Waals surface area contributed by atoms with Gasteiger partial charge in [0, 0.05) is 44.5 Å². The second kappa shape index (κ2) is 12.3. The van der Waals surface area contributed by atoms with Crippen molar-refractivity contribution in [2.24, 2.45) is 0 Å². The van der Waals surface area contributed by atoms with E-state index in [-0.39, 0.29) is 0 Å². The monoisotopic (exact) mass is 732 g/mol. The van der Waals surface area contributed by atoms with Crippen LogP contribution < -0.4 is 4.90 Å². The fraction of sp³-hybridized carbons (Fsp3) is 0. The lowest BCUT2D eigenvalue weighted by atomic mass is 10.0. The molecule has 0 atom stereocenters. The minimum absolute atomic E-state index is 0.738. The maximum atomic E-state index is 6.49. The second-order valence-electron chi connectivity index (χ2n) is 14.4. The van der Waals surface area contributed by atoms with Gasteiger partial charge in [-0.05, 0) is 89.5 Å². The van der Waals surface area contributed by atoms with Crippen LogP contribution in [-0.4, -0.2) is 14.0 Å². The van der Waals surface area contributed by atoms with E-state index in [4.69, 9.17) is 13.8 Å². The molecule has 0 spiro atoms. The van der Waals surface area contributed by atoms with Crippen LogP contribution in [0.25, 0.3) is 88.9 Å². The maximum Gasteiger partial charge on any atom is 0.234 e. The van der Waals surface area contributed by atoms with Gasteiger partial charge in [0.15, 0.2) is 0 Å². The highest BCUT2D eigenvalue weighted by atomic mass is 16.3. The number of hydrogen-bond acceptors (Lipinski definition) is 4. The summed E-state index contributed by atoms with van der Waals surface area (Å²) < 4.78 is 17.3. The molecule has 6 nitrogen and oxygen atoms in total. The molecule has 0 aliphatic heterocycles. The van der Waals surface area contributed by atoms with E-state index >= 15 is 0 Å². The Bertz CT molecular complexity index is 3450. The van der Waals surface area contributed by atoms with Crippen LogP contribution in [0.1, 0.15) is 0 Å². The number of nitrogens with zero attached hydrogens (tertiary/aromatic N) is 4. The van der Waals surface area contributed by atoms with Crippen molar-refractivity contribution in [3.63, 3.8) is 0 Å². The lowest BCUT2D eigenvalue weighted by molar-refractivity contribution is 0.651. The van der Waals surface area contributed by atoms with E-state index in [1.165, 1.54) is 5.56 Å². The summed E-state index contributed by atoms with van der Waals surface area (Å²) in [7, 11) is 0. The lowest BCUT2D eigenvalue weighted by Gasteiger charge is -2.26. The van der Waals surface area contributed by atoms with Crippen molar-refractivity contribution < 1.29 is 8.83 Å². The van der Waals surface area contributed by atoms with Gasteiger partial charge in [-0.3, -0.25) is 4.57 Å². The molecule has 0 unspecified atom stereocenters. The van der Waals surface area contributed by atoms with Gasteiger partial charge < -0.3 is 13.7 Å². The SMILES string of the molecule is c1ccc(-c2ccc(N(c3ccc(-c4cccc5c4oc4ccccc45)cc3)c3ccc4c(c3)n(-c3ccccc3)c3nc5c6ccccc6oc5n43)cc2)cc1. The van der Waals surface area contributed by atoms with Gasteiger partial charge >= 0.3 is 0 Å². The first kappa shape index (κ1) is 31.5. The lowest BCUT2D eigenvalue weighted by Crippen LogP contribution is -2.10. The van der Waals surface area contributed by atoms with Crippen molar-refractivity contribution in [1.29, 1.82) is 0 Å². The number of aromatic nitrogens is 3. The number of anilines is 3. The summed E-state index contributed by atoms with van der Waals surface area (Å²) in [6, 6.07) is 67.9. The van der Waals surface area contributed by atoms with Gasteiger partial charge in [-0.1, -0.05) is 121 Å². The third-order valence-electron chi connectivity index (χ3n) is 11.2. The molecule has 0 aliphatic carbocycles. The van der Waals surface area contributed by atoms with Crippen molar-refractivity contribution in [3.8, 4) is 27.9 Å². The number of furan rings is 2. The van der Waals surface area contributed by atoms with Crippen LogP contribution in [-0.2, 0) is 0 Å². The highest BCUT2D eigenvalue weighted by Crippen LogP contribution is 2.42. The van der Waals surface area contributed by atoms with Crippen molar-refractivity contribution in [1.82, 2.24) is 14.0 Å². The first-order valence-electron chi connectivity index (χ1n) is 19.1. The fourth-order valence-corrected chi connectivity index (χ4v) is 8.49. The zero-order valence-corrected chi connectivity index (χ0v) is 30.6. The summed E-state index contributed by atoms with van der Waals surface area (Å²) in [5, 5.41) is 3.25. The zero-order chi connectivity index (χ0) is 37.5. The average molecular weight is 733 g/mol. The number of fused-ring (bicyclic) bond motifs is 10. The van der Waals surface area contributed by atoms with Gasteiger partial charge in [-0.15, -0.1) is 0 Å². The molecule has 12 aromatic rings. The Morgan fingerprint density at radius 1 is 0.439 bits per heavy atom. The summed E-state index contributed by atoms with van der Waals surface area (Å²) in [5.41, 5.74) is 14.9. The smallest absolute Gasteiger partial charge is 0.234 e. The van der Waals surface area contributed by atoms with Crippen LogP contribution in [0.15, 0.2) is 203 Å². The predicted octanol–water partition coefficient (Wildman–Crippen LogP) is 13.9. The summed E-state index contributed by atoms with van der Waals surface area (Å²) >= 11 is 0. The van der Waals surface area contributed by atoms with Crippen LogP contribution in [0, 0.1) is 0 Å². The van der Waals surface area contributed by atoms with E-state index in [1.807, 2.05) is 36.4 Å². The molecule has 8 aromatic carbocycles. The number of para-hydroxylation sites is 4. The van der Waals surface area contributed by atoms with Crippen molar-refractivity contribution >= 4 is 78.0 Å². The molecule has 0 fully saturated rings. The highest BCUT2D eigenvalue weighted by Gasteiger charge is 2.23. The zero-order valence-electron chi connectivity index (χ0n) is 30.6. The Morgan fingerprint density at radius 2 is 1.04 bits per heavy atom. The van der Waals surface area contributed by atoms with Gasteiger partial charge in [0.25, 0.3) is 0 Å².